The minimum atomic E-state index is -1.30. The SMILES string of the molecule is C=C(C)[C@@H]1C(C(C#N)(C#N)CC#CCOC(C)=O)=CC2CCC1N2. The lowest BCUT2D eigenvalue weighted by Crippen LogP contribution is -2.44. The summed E-state index contributed by atoms with van der Waals surface area (Å²) < 4.78 is 4.76. The van der Waals surface area contributed by atoms with Gasteiger partial charge in [-0.2, -0.15) is 10.5 Å². The molecule has 1 N–H and O–H groups in total. The second-order valence-electron chi connectivity index (χ2n) is 6.34. The summed E-state index contributed by atoms with van der Waals surface area (Å²) in [5.41, 5.74) is 0.463. The Morgan fingerprint density at radius 3 is 2.67 bits per heavy atom. The second-order valence-corrected chi connectivity index (χ2v) is 6.34. The first-order valence-electron chi connectivity index (χ1n) is 7.98. The van der Waals surface area contributed by atoms with E-state index in [1.54, 1.807) is 0 Å². The van der Waals surface area contributed by atoms with Crippen molar-refractivity contribution < 1.29 is 9.53 Å². The molecule has 0 radical (unpaired) electrons. The van der Waals surface area contributed by atoms with Crippen molar-refractivity contribution in [3.8, 4) is 24.0 Å². The van der Waals surface area contributed by atoms with Crippen LogP contribution in [0, 0.1) is 45.8 Å². The number of nitrogens with one attached hydrogen (secondary N) is 1. The van der Waals surface area contributed by atoms with E-state index in [0.29, 0.717) is 0 Å². The van der Waals surface area contributed by atoms with Crippen molar-refractivity contribution in [1.29, 1.82) is 10.5 Å². The van der Waals surface area contributed by atoms with Gasteiger partial charge < -0.3 is 10.1 Å². The summed E-state index contributed by atoms with van der Waals surface area (Å²) in [6.07, 6.45) is 4.12. The Bertz CT molecular complexity index is 698. The zero-order chi connectivity index (χ0) is 17.7. The maximum Gasteiger partial charge on any atom is 0.303 e. The van der Waals surface area contributed by atoms with Crippen LogP contribution in [-0.4, -0.2) is 24.7 Å². The largest absolute Gasteiger partial charge is 0.453 e. The number of esters is 1. The Morgan fingerprint density at radius 2 is 2.08 bits per heavy atom. The van der Waals surface area contributed by atoms with Crippen molar-refractivity contribution >= 4 is 5.97 Å². The van der Waals surface area contributed by atoms with Crippen LogP contribution in [-0.2, 0) is 9.53 Å². The predicted octanol–water partition coefficient (Wildman–Crippen LogP) is 2.23. The highest BCUT2D eigenvalue weighted by Crippen LogP contribution is 2.44. The van der Waals surface area contributed by atoms with Gasteiger partial charge in [-0.05, 0) is 25.3 Å². The van der Waals surface area contributed by atoms with Crippen LogP contribution in [0.2, 0.25) is 0 Å². The smallest absolute Gasteiger partial charge is 0.303 e. The van der Waals surface area contributed by atoms with E-state index < -0.39 is 11.4 Å². The molecule has 1 saturated heterocycles. The molecule has 2 rings (SSSR count). The molecule has 0 aromatic carbocycles. The Balaban J connectivity index is 2.28. The van der Waals surface area contributed by atoms with Gasteiger partial charge in [0.1, 0.15) is 0 Å². The second kappa shape index (κ2) is 7.35. The number of nitrogens with zero attached hydrogens (tertiary/aromatic N) is 2. The molecule has 24 heavy (non-hydrogen) atoms. The van der Waals surface area contributed by atoms with Gasteiger partial charge in [-0.1, -0.05) is 30.1 Å². The lowest BCUT2D eigenvalue weighted by molar-refractivity contribution is -0.139. The average molecular weight is 323 g/mol. The van der Waals surface area contributed by atoms with Crippen molar-refractivity contribution in [2.24, 2.45) is 11.3 Å². The summed E-state index contributed by atoms with van der Waals surface area (Å²) in [5.74, 6) is 5.09. The summed E-state index contributed by atoms with van der Waals surface area (Å²) in [7, 11) is 0. The molecule has 2 heterocycles. The molecule has 2 aliphatic heterocycles. The fourth-order valence-corrected chi connectivity index (χ4v) is 3.47. The number of hydrogen-bond donors (Lipinski definition) is 1. The zero-order valence-corrected chi connectivity index (χ0v) is 14.1. The van der Waals surface area contributed by atoms with Gasteiger partial charge in [0.2, 0.25) is 0 Å². The van der Waals surface area contributed by atoms with E-state index in [1.807, 2.05) is 13.0 Å². The standard InChI is InChI=1S/C19H21N3O2/c1-13(2)18-16(10-15-6-7-17(18)22-15)19(11-20,12-21)8-4-5-9-24-14(3)23/h10,15,17-18,22H,1,6-9H2,2-3H3/t15?,17?,18-/m1/s1. The Morgan fingerprint density at radius 1 is 1.38 bits per heavy atom. The normalized spacial score (nSPS) is 24.7. The van der Waals surface area contributed by atoms with E-state index in [1.165, 1.54) is 6.92 Å². The summed E-state index contributed by atoms with van der Waals surface area (Å²) in [4.78, 5) is 10.7. The van der Waals surface area contributed by atoms with Crippen LogP contribution >= 0.6 is 0 Å². The van der Waals surface area contributed by atoms with Gasteiger partial charge in [0, 0.05) is 31.3 Å². The number of carbonyl (C=O) groups excluding carboxylic acids is 1. The highest BCUT2D eigenvalue weighted by molar-refractivity contribution is 5.66. The molecule has 2 unspecified atom stereocenters. The molecule has 124 valence electrons. The van der Waals surface area contributed by atoms with Gasteiger partial charge in [0.15, 0.2) is 12.0 Å². The van der Waals surface area contributed by atoms with Gasteiger partial charge in [-0.25, -0.2) is 0 Å². The van der Waals surface area contributed by atoms with E-state index >= 15 is 0 Å². The van der Waals surface area contributed by atoms with Crippen LogP contribution in [0.4, 0.5) is 0 Å². The van der Waals surface area contributed by atoms with E-state index in [0.717, 1.165) is 24.0 Å². The quantitative estimate of drug-likeness (QED) is 0.487. The highest BCUT2D eigenvalue weighted by Gasteiger charge is 2.46. The minimum Gasteiger partial charge on any atom is -0.453 e. The van der Waals surface area contributed by atoms with Crippen LogP contribution in [0.1, 0.15) is 33.1 Å². The summed E-state index contributed by atoms with van der Waals surface area (Å²) in [6.45, 7) is 7.28. The lowest BCUT2D eigenvalue weighted by atomic mass is 9.69. The third-order valence-corrected chi connectivity index (χ3v) is 4.57. The summed E-state index contributed by atoms with van der Waals surface area (Å²) in [6, 6.07) is 4.79. The minimum absolute atomic E-state index is 0.0293. The lowest BCUT2D eigenvalue weighted by Gasteiger charge is -2.36. The molecule has 0 aliphatic carbocycles. The number of hydrogen-bond acceptors (Lipinski definition) is 5. The van der Waals surface area contributed by atoms with Crippen LogP contribution in [0.5, 0.6) is 0 Å². The molecule has 0 aromatic rings. The third-order valence-electron chi connectivity index (χ3n) is 4.57. The maximum absolute atomic E-state index is 10.7. The van der Waals surface area contributed by atoms with Crippen LogP contribution in [0.15, 0.2) is 23.8 Å². The number of carbonyl (C=O) groups is 1. The molecule has 0 spiro atoms. The molecule has 2 bridgehead atoms. The van der Waals surface area contributed by atoms with Gasteiger partial charge in [-0.15, -0.1) is 0 Å². The van der Waals surface area contributed by atoms with E-state index in [9.17, 15) is 15.3 Å². The maximum atomic E-state index is 10.7. The first-order valence-corrected chi connectivity index (χ1v) is 7.98. The van der Waals surface area contributed by atoms with Crippen molar-refractivity contribution in [3.05, 3.63) is 23.8 Å². The first kappa shape index (κ1) is 17.8. The molecule has 0 saturated carbocycles. The Hall–Kier alpha value is -2.55. The van der Waals surface area contributed by atoms with Crippen molar-refractivity contribution in [3.63, 3.8) is 0 Å². The average Bonchev–Trinajstić information content (AvgIpc) is 2.91. The van der Waals surface area contributed by atoms with Crippen LogP contribution in [0.25, 0.3) is 0 Å². The number of ether oxygens (including phenoxy) is 1. The Kier molecular flexibility index (Phi) is 5.45. The monoisotopic (exact) mass is 323 g/mol. The predicted molar refractivity (Wildman–Crippen MR) is 89.0 cm³/mol. The molecule has 1 fully saturated rings. The fraction of sp³-hybridized carbons (Fsp3) is 0.526. The van der Waals surface area contributed by atoms with Crippen molar-refractivity contribution in [2.75, 3.05) is 6.61 Å². The van der Waals surface area contributed by atoms with Gasteiger partial charge in [0.05, 0.1) is 12.1 Å². The first-order chi connectivity index (χ1) is 11.4. The fourth-order valence-electron chi connectivity index (χ4n) is 3.47. The molecule has 0 aromatic heterocycles. The molecule has 5 nitrogen and oxygen atoms in total. The highest BCUT2D eigenvalue weighted by atomic mass is 16.5. The topological polar surface area (TPSA) is 85.9 Å². The third kappa shape index (κ3) is 3.51. The van der Waals surface area contributed by atoms with Crippen LogP contribution in [0.3, 0.4) is 0 Å². The summed E-state index contributed by atoms with van der Waals surface area (Å²) >= 11 is 0. The Labute approximate surface area is 143 Å². The molecule has 0 amide bonds. The van der Waals surface area contributed by atoms with E-state index in [4.69, 9.17) is 4.74 Å². The van der Waals surface area contributed by atoms with Crippen molar-refractivity contribution in [1.82, 2.24) is 5.32 Å². The number of nitriles is 2. The number of rotatable bonds is 4. The summed E-state index contributed by atoms with van der Waals surface area (Å²) in [5, 5.41) is 23.0. The van der Waals surface area contributed by atoms with E-state index in [-0.39, 0.29) is 31.0 Å². The molecular formula is C19H21N3O2. The van der Waals surface area contributed by atoms with E-state index in [2.05, 4.69) is 35.9 Å². The molecular weight excluding hydrogens is 302 g/mol. The van der Waals surface area contributed by atoms with Gasteiger partial charge >= 0.3 is 5.97 Å². The zero-order valence-electron chi connectivity index (χ0n) is 14.1. The molecule has 3 atom stereocenters. The van der Waals surface area contributed by atoms with Gasteiger partial charge in [-0.3, -0.25) is 4.79 Å². The molecule has 5 heteroatoms. The van der Waals surface area contributed by atoms with Gasteiger partial charge in [0.25, 0.3) is 0 Å². The number of fused-ring (bicyclic) bond motifs is 2. The van der Waals surface area contributed by atoms with Crippen LogP contribution < -0.4 is 5.32 Å². The molecule has 2 aliphatic rings. The van der Waals surface area contributed by atoms with Crippen molar-refractivity contribution in [2.45, 2.75) is 45.2 Å².